The van der Waals surface area contributed by atoms with E-state index in [4.69, 9.17) is 16.4 Å². The van der Waals surface area contributed by atoms with Crippen LogP contribution in [0.1, 0.15) is 27.6 Å². The van der Waals surface area contributed by atoms with E-state index >= 15 is 0 Å². The van der Waals surface area contributed by atoms with E-state index in [-0.39, 0.29) is 22.1 Å². The normalized spacial score (nSPS) is 11.1. The highest BCUT2D eigenvalue weighted by Crippen LogP contribution is 2.16. The summed E-state index contributed by atoms with van der Waals surface area (Å²) in [6.07, 6.45) is 0. The average molecular weight is 381 g/mol. The summed E-state index contributed by atoms with van der Waals surface area (Å²) in [5.74, 6) is -1.03. The first-order valence-electron chi connectivity index (χ1n) is 6.30. The number of carbonyl (C=O) groups excluding carboxylic acids is 2. The van der Waals surface area contributed by atoms with Gasteiger partial charge in [0.2, 0.25) is 5.78 Å². The van der Waals surface area contributed by atoms with E-state index in [2.05, 4.69) is 21.1 Å². The van der Waals surface area contributed by atoms with Gasteiger partial charge in [-0.1, -0.05) is 44.8 Å². The second-order valence-corrected chi connectivity index (χ2v) is 5.69. The third-order valence-corrected chi connectivity index (χ3v) is 3.65. The molecule has 0 aliphatic carbocycles. The number of oxime groups is 1. The van der Waals surface area contributed by atoms with Gasteiger partial charge in [0.25, 0.3) is 0 Å². The van der Waals surface area contributed by atoms with Crippen molar-refractivity contribution in [2.24, 2.45) is 5.16 Å². The fourth-order valence-corrected chi connectivity index (χ4v) is 2.11. The van der Waals surface area contributed by atoms with Gasteiger partial charge in [-0.25, -0.2) is 4.79 Å². The SMILES string of the molecule is C/C(=N\OC(=O)c1ccccc1Cl)C(=O)c1ccc(Br)cc1. The Morgan fingerprint density at radius 3 is 2.36 bits per heavy atom. The number of halogens is 2. The molecule has 0 atom stereocenters. The first-order valence-corrected chi connectivity index (χ1v) is 7.47. The maximum absolute atomic E-state index is 12.1. The molecular weight excluding hydrogens is 370 g/mol. The topological polar surface area (TPSA) is 55.7 Å². The number of nitrogens with zero attached hydrogens (tertiary/aromatic N) is 1. The second-order valence-electron chi connectivity index (χ2n) is 4.37. The van der Waals surface area contributed by atoms with E-state index in [1.54, 1.807) is 42.5 Å². The van der Waals surface area contributed by atoms with Crippen molar-refractivity contribution < 1.29 is 14.4 Å². The van der Waals surface area contributed by atoms with Crippen LogP contribution in [-0.4, -0.2) is 17.5 Å². The molecular formula is C16H11BrClNO3. The molecule has 2 aromatic rings. The predicted molar refractivity (Wildman–Crippen MR) is 88.4 cm³/mol. The highest BCUT2D eigenvalue weighted by atomic mass is 79.9. The summed E-state index contributed by atoms with van der Waals surface area (Å²) in [4.78, 5) is 28.7. The first kappa shape index (κ1) is 16.4. The Labute approximate surface area is 140 Å². The highest BCUT2D eigenvalue weighted by Gasteiger charge is 2.14. The Morgan fingerprint density at radius 2 is 1.73 bits per heavy atom. The number of benzene rings is 2. The minimum Gasteiger partial charge on any atom is -0.312 e. The lowest BCUT2D eigenvalue weighted by atomic mass is 10.1. The minimum absolute atomic E-state index is 0.0720. The minimum atomic E-state index is -0.714. The molecule has 0 bridgehead atoms. The molecule has 0 N–H and O–H groups in total. The number of ketones is 1. The molecule has 0 saturated heterocycles. The van der Waals surface area contributed by atoms with Gasteiger partial charge in [-0.15, -0.1) is 0 Å². The molecule has 0 aliphatic heterocycles. The molecule has 2 aromatic carbocycles. The van der Waals surface area contributed by atoms with Gasteiger partial charge < -0.3 is 4.84 Å². The summed E-state index contributed by atoms with van der Waals surface area (Å²) < 4.78 is 0.865. The Bertz CT molecular complexity index is 741. The van der Waals surface area contributed by atoms with Crippen LogP contribution in [0, 0.1) is 0 Å². The molecule has 4 nitrogen and oxygen atoms in total. The molecule has 0 saturated carbocycles. The van der Waals surface area contributed by atoms with E-state index in [0.29, 0.717) is 5.56 Å². The van der Waals surface area contributed by atoms with Crippen LogP contribution < -0.4 is 0 Å². The molecule has 0 amide bonds. The highest BCUT2D eigenvalue weighted by molar-refractivity contribution is 9.10. The van der Waals surface area contributed by atoms with Crippen LogP contribution in [0.5, 0.6) is 0 Å². The first-order chi connectivity index (χ1) is 10.5. The second kappa shape index (κ2) is 7.33. The zero-order chi connectivity index (χ0) is 16.1. The predicted octanol–water partition coefficient (Wildman–Crippen LogP) is 4.52. The number of Topliss-reactive ketones (excluding diaryl/α,β-unsaturated/α-hetero) is 1. The van der Waals surface area contributed by atoms with Crippen LogP contribution in [0.15, 0.2) is 58.2 Å². The Hall–Kier alpha value is -1.98. The van der Waals surface area contributed by atoms with E-state index in [9.17, 15) is 9.59 Å². The quantitative estimate of drug-likeness (QED) is 0.339. The number of carbonyl (C=O) groups is 2. The van der Waals surface area contributed by atoms with Crippen LogP contribution in [-0.2, 0) is 4.84 Å². The van der Waals surface area contributed by atoms with Crippen molar-refractivity contribution in [1.82, 2.24) is 0 Å². The summed E-state index contributed by atoms with van der Waals surface area (Å²) >= 11 is 9.18. The monoisotopic (exact) mass is 379 g/mol. The fourth-order valence-electron chi connectivity index (χ4n) is 1.64. The number of hydrogen-bond acceptors (Lipinski definition) is 4. The van der Waals surface area contributed by atoms with Crippen molar-refractivity contribution in [3.8, 4) is 0 Å². The summed E-state index contributed by atoms with van der Waals surface area (Å²) in [5, 5.41) is 3.85. The molecule has 0 unspecified atom stereocenters. The van der Waals surface area contributed by atoms with Crippen molar-refractivity contribution in [1.29, 1.82) is 0 Å². The van der Waals surface area contributed by atoms with Crippen molar-refractivity contribution in [2.75, 3.05) is 0 Å². The van der Waals surface area contributed by atoms with Gasteiger partial charge in [-0.05, 0) is 43.3 Å². The van der Waals surface area contributed by atoms with Crippen LogP contribution in [0.4, 0.5) is 0 Å². The summed E-state index contributed by atoms with van der Waals surface area (Å²) in [6.45, 7) is 1.48. The van der Waals surface area contributed by atoms with E-state index in [1.807, 2.05) is 0 Å². The third kappa shape index (κ3) is 4.02. The molecule has 22 heavy (non-hydrogen) atoms. The van der Waals surface area contributed by atoms with Gasteiger partial charge in [0.15, 0.2) is 0 Å². The van der Waals surface area contributed by atoms with E-state index in [1.165, 1.54) is 13.0 Å². The Morgan fingerprint density at radius 1 is 1.09 bits per heavy atom. The smallest absolute Gasteiger partial charge is 0.312 e. The summed E-state index contributed by atoms with van der Waals surface area (Å²) in [6, 6.07) is 13.2. The van der Waals surface area contributed by atoms with Crippen LogP contribution in [0.2, 0.25) is 5.02 Å². The lowest BCUT2D eigenvalue weighted by Gasteiger charge is -2.02. The summed E-state index contributed by atoms with van der Waals surface area (Å²) in [7, 11) is 0. The van der Waals surface area contributed by atoms with Crippen LogP contribution >= 0.6 is 27.5 Å². The molecule has 112 valence electrons. The van der Waals surface area contributed by atoms with Crippen molar-refractivity contribution in [3.63, 3.8) is 0 Å². The molecule has 0 spiro atoms. The molecule has 2 rings (SSSR count). The van der Waals surface area contributed by atoms with Crippen molar-refractivity contribution >= 4 is 45.0 Å². The summed E-state index contributed by atoms with van der Waals surface area (Å²) in [5.41, 5.74) is 0.720. The van der Waals surface area contributed by atoms with Gasteiger partial charge in [-0.3, -0.25) is 4.79 Å². The van der Waals surface area contributed by atoms with Gasteiger partial charge in [0.1, 0.15) is 5.71 Å². The zero-order valence-electron chi connectivity index (χ0n) is 11.5. The van der Waals surface area contributed by atoms with Crippen molar-refractivity contribution in [2.45, 2.75) is 6.92 Å². The van der Waals surface area contributed by atoms with E-state index in [0.717, 1.165) is 4.47 Å². The Balaban J connectivity index is 2.09. The third-order valence-electron chi connectivity index (χ3n) is 2.79. The molecule has 0 aromatic heterocycles. The largest absolute Gasteiger partial charge is 0.367 e. The molecule has 0 fully saturated rings. The van der Waals surface area contributed by atoms with E-state index < -0.39 is 5.97 Å². The number of rotatable bonds is 4. The molecule has 6 heteroatoms. The maximum Gasteiger partial charge on any atom is 0.367 e. The van der Waals surface area contributed by atoms with Crippen molar-refractivity contribution in [3.05, 3.63) is 69.2 Å². The molecule has 0 radical (unpaired) electrons. The lowest BCUT2D eigenvalue weighted by molar-refractivity contribution is 0.0515. The van der Waals surface area contributed by atoms with Gasteiger partial charge >= 0.3 is 5.97 Å². The van der Waals surface area contributed by atoms with Crippen LogP contribution in [0.25, 0.3) is 0 Å². The number of hydrogen-bond donors (Lipinski definition) is 0. The van der Waals surface area contributed by atoms with Crippen LogP contribution in [0.3, 0.4) is 0 Å². The molecule has 0 heterocycles. The zero-order valence-corrected chi connectivity index (χ0v) is 13.9. The van der Waals surface area contributed by atoms with Gasteiger partial charge in [-0.2, -0.15) is 0 Å². The lowest BCUT2D eigenvalue weighted by Crippen LogP contribution is -2.12. The van der Waals surface area contributed by atoms with Gasteiger partial charge in [0, 0.05) is 10.0 Å². The maximum atomic E-state index is 12.1. The molecule has 0 aliphatic rings. The average Bonchev–Trinajstić information content (AvgIpc) is 2.52. The van der Waals surface area contributed by atoms with Gasteiger partial charge in [0.05, 0.1) is 10.6 Å². The Kier molecular flexibility index (Phi) is 5.46. The standard InChI is InChI=1S/C16H11BrClNO3/c1-10(15(20)11-6-8-12(17)9-7-11)19-22-16(21)13-4-2-3-5-14(13)18/h2-9H,1H3/b19-10+. The fraction of sp³-hybridized carbons (Fsp3) is 0.0625.